The van der Waals surface area contributed by atoms with Crippen LogP contribution < -0.4 is 10.1 Å². The van der Waals surface area contributed by atoms with Gasteiger partial charge in [0, 0.05) is 22.8 Å². The number of nitrogens with one attached hydrogen (secondary N) is 1. The van der Waals surface area contributed by atoms with Gasteiger partial charge >= 0.3 is 0 Å². The topological polar surface area (TPSA) is 34.1 Å². The summed E-state index contributed by atoms with van der Waals surface area (Å²) in [6.07, 6.45) is 1.89. The highest BCUT2D eigenvalue weighted by molar-refractivity contribution is 7.09. The average Bonchev–Trinajstić information content (AvgIpc) is 2.87. The molecule has 0 saturated heterocycles. The quantitative estimate of drug-likeness (QED) is 0.860. The van der Waals surface area contributed by atoms with E-state index in [1.54, 1.807) is 11.3 Å². The van der Waals surface area contributed by atoms with E-state index < -0.39 is 0 Å². The fraction of sp³-hybridized carbons (Fsp3) is 0.357. The fourth-order valence-corrected chi connectivity index (χ4v) is 2.01. The molecule has 1 aromatic carbocycles. The Labute approximate surface area is 112 Å². The molecule has 3 nitrogen and oxygen atoms in total. The lowest BCUT2D eigenvalue weighted by Crippen LogP contribution is -2.05. The van der Waals surface area contributed by atoms with Crippen molar-refractivity contribution in [2.45, 2.75) is 20.4 Å². The maximum absolute atomic E-state index is 5.70. The molecule has 0 atom stereocenters. The smallest absolute Gasteiger partial charge is 0.121 e. The number of anilines is 1. The third-order valence-corrected chi connectivity index (χ3v) is 3.15. The fourth-order valence-electron chi connectivity index (χ4n) is 1.48. The normalized spacial score (nSPS) is 10.6. The second kappa shape index (κ2) is 6.40. The Morgan fingerprint density at radius 2 is 2.28 bits per heavy atom. The van der Waals surface area contributed by atoms with E-state index in [-0.39, 0.29) is 0 Å². The third-order valence-electron chi connectivity index (χ3n) is 2.37. The Morgan fingerprint density at radius 1 is 1.39 bits per heavy atom. The highest BCUT2D eigenvalue weighted by Crippen LogP contribution is 2.19. The monoisotopic (exact) mass is 262 g/mol. The molecular weight excluding hydrogens is 244 g/mol. The van der Waals surface area contributed by atoms with Crippen LogP contribution >= 0.6 is 11.3 Å². The van der Waals surface area contributed by atoms with Crippen molar-refractivity contribution >= 4 is 17.0 Å². The Bertz CT molecular complexity index is 468. The zero-order valence-electron chi connectivity index (χ0n) is 10.7. The minimum absolute atomic E-state index is 0.541. The van der Waals surface area contributed by atoms with Crippen LogP contribution in [0.15, 0.2) is 36.0 Å². The third kappa shape index (κ3) is 4.04. The van der Waals surface area contributed by atoms with Crippen LogP contribution in [0.2, 0.25) is 0 Å². The largest absolute Gasteiger partial charge is 0.493 e. The molecule has 0 aliphatic rings. The molecule has 1 heterocycles. The van der Waals surface area contributed by atoms with Gasteiger partial charge in [0.15, 0.2) is 0 Å². The molecule has 0 radical (unpaired) electrons. The van der Waals surface area contributed by atoms with E-state index in [2.05, 4.69) is 24.1 Å². The molecule has 18 heavy (non-hydrogen) atoms. The van der Waals surface area contributed by atoms with Crippen molar-refractivity contribution in [3.05, 3.63) is 40.8 Å². The molecule has 0 spiro atoms. The number of ether oxygens (including phenoxy) is 1. The number of nitrogens with zero attached hydrogens (tertiary/aromatic N) is 1. The Hall–Kier alpha value is -1.55. The van der Waals surface area contributed by atoms with E-state index >= 15 is 0 Å². The Kier molecular flexibility index (Phi) is 4.59. The van der Waals surface area contributed by atoms with E-state index in [4.69, 9.17) is 4.74 Å². The van der Waals surface area contributed by atoms with Crippen LogP contribution in [-0.2, 0) is 6.54 Å². The summed E-state index contributed by atoms with van der Waals surface area (Å²) < 4.78 is 5.70. The zero-order chi connectivity index (χ0) is 12.8. The molecule has 0 saturated carbocycles. The first-order valence-electron chi connectivity index (χ1n) is 6.08. The molecule has 4 heteroatoms. The van der Waals surface area contributed by atoms with Crippen LogP contribution in [0.5, 0.6) is 5.75 Å². The second-order valence-corrected chi connectivity index (χ2v) is 5.52. The highest BCUT2D eigenvalue weighted by atomic mass is 32.1. The zero-order valence-corrected chi connectivity index (χ0v) is 11.5. The van der Waals surface area contributed by atoms with Crippen LogP contribution in [-0.4, -0.2) is 11.6 Å². The molecule has 2 aromatic rings. The molecule has 1 N–H and O–H groups in total. The maximum atomic E-state index is 5.70. The summed E-state index contributed by atoms with van der Waals surface area (Å²) in [5, 5.41) is 3.37. The molecule has 0 unspecified atom stereocenters. The maximum Gasteiger partial charge on any atom is 0.121 e. The van der Waals surface area contributed by atoms with E-state index in [1.165, 1.54) is 4.88 Å². The molecule has 0 aliphatic heterocycles. The van der Waals surface area contributed by atoms with Gasteiger partial charge in [0.25, 0.3) is 0 Å². The van der Waals surface area contributed by atoms with E-state index in [9.17, 15) is 0 Å². The lowest BCUT2D eigenvalue weighted by Gasteiger charge is -2.10. The van der Waals surface area contributed by atoms with Gasteiger partial charge in [0.2, 0.25) is 0 Å². The molecule has 0 amide bonds. The van der Waals surface area contributed by atoms with Gasteiger partial charge < -0.3 is 10.1 Å². The van der Waals surface area contributed by atoms with E-state index in [1.807, 2.05) is 36.0 Å². The predicted octanol–water partition coefficient (Wildman–Crippen LogP) is 3.79. The summed E-state index contributed by atoms with van der Waals surface area (Å²) >= 11 is 1.66. The summed E-state index contributed by atoms with van der Waals surface area (Å²) in [6.45, 7) is 5.84. The van der Waals surface area contributed by atoms with Crippen molar-refractivity contribution in [1.82, 2.24) is 4.98 Å². The number of thiazole rings is 1. The van der Waals surface area contributed by atoms with Crippen molar-refractivity contribution in [2.24, 2.45) is 5.92 Å². The van der Waals surface area contributed by atoms with Gasteiger partial charge in [-0.2, -0.15) is 0 Å². The van der Waals surface area contributed by atoms with Crippen molar-refractivity contribution in [3.63, 3.8) is 0 Å². The summed E-state index contributed by atoms with van der Waals surface area (Å²) in [6, 6.07) is 8.07. The number of aromatic nitrogens is 1. The number of rotatable bonds is 6. The summed E-state index contributed by atoms with van der Waals surface area (Å²) in [4.78, 5) is 5.28. The summed E-state index contributed by atoms with van der Waals surface area (Å²) in [7, 11) is 0. The van der Waals surface area contributed by atoms with Gasteiger partial charge in [-0.25, -0.2) is 0 Å². The number of hydrogen-bond acceptors (Lipinski definition) is 4. The molecule has 96 valence electrons. The van der Waals surface area contributed by atoms with E-state index in [0.717, 1.165) is 24.6 Å². The lowest BCUT2D eigenvalue weighted by atomic mass is 10.2. The molecule has 0 bridgehead atoms. The SMILES string of the molecule is CC(C)COc1cccc(NCc2cncs2)c1. The summed E-state index contributed by atoms with van der Waals surface area (Å²) in [5.41, 5.74) is 2.92. The predicted molar refractivity (Wildman–Crippen MR) is 76.2 cm³/mol. The highest BCUT2D eigenvalue weighted by Gasteiger charge is 2.00. The first-order valence-corrected chi connectivity index (χ1v) is 6.96. The van der Waals surface area contributed by atoms with Crippen LogP contribution in [0.1, 0.15) is 18.7 Å². The van der Waals surface area contributed by atoms with Gasteiger partial charge in [-0.3, -0.25) is 4.98 Å². The van der Waals surface area contributed by atoms with Gasteiger partial charge in [-0.15, -0.1) is 11.3 Å². The average molecular weight is 262 g/mol. The molecule has 2 rings (SSSR count). The van der Waals surface area contributed by atoms with E-state index in [0.29, 0.717) is 5.92 Å². The first-order chi connectivity index (χ1) is 8.74. The van der Waals surface area contributed by atoms with Gasteiger partial charge in [-0.1, -0.05) is 19.9 Å². The van der Waals surface area contributed by atoms with Crippen LogP contribution in [0, 0.1) is 5.92 Å². The van der Waals surface area contributed by atoms with Crippen LogP contribution in [0.3, 0.4) is 0 Å². The second-order valence-electron chi connectivity index (χ2n) is 4.55. The van der Waals surface area contributed by atoms with Crippen molar-refractivity contribution < 1.29 is 4.74 Å². The number of hydrogen-bond donors (Lipinski definition) is 1. The molecular formula is C14H18N2OS. The van der Waals surface area contributed by atoms with Gasteiger partial charge in [0.1, 0.15) is 5.75 Å². The minimum Gasteiger partial charge on any atom is -0.493 e. The standard InChI is InChI=1S/C14H18N2OS/c1-11(2)9-17-13-5-3-4-12(6-13)16-8-14-7-15-10-18-14/h3-7,10-11,16H,8-9H2,1-2H3. The van der Waals surface area contributed by atoms with Gasteiger partial charge in [-0.05, 0) is 18.1 Å². The molecule has 0 fully saturated rings. The summed E-state index contributed by atoms with van der Waals surface area (Å²) in [5.74, 6) is 1.46. The molecule has 0 aliphatic carbocycles. The van der Waals surface area contributed by atoms with Crippen molar-refractivity contribution in [1.29, 1.82) is 0 Å². The van der Waals surface area contributed by atoms with Crippen molar-refractivity contribution in [2.75, 3.05) is 11.9 Å². The molecule has 1 aromatic heterocycles. The van der Waals surface area contributed by atoms with Crippen LogP contribution in [0.25, 0.3) is 0 Å². The Morgan fingerprint density at radius 3 is 3.00 bits per heavy atom. The lowest BCUT2D eigenvalue weighted by molar-refractivity contribution is 0.271. The van der Waals surface area contributed by atoms with Crippen LogP contribution in [0.4, 0.5) is 5.69 Å². The number of benzene rings is 1. The Balaban J connectivity index is 1.90. The minimum atomic E-state index is 0.541. The van der Waals surface area contributed by atoms with Gasteiger partial charge in [0.05, 0.1) is 18.7 Å². The van der Waals surface area contributed by atoms with Crippen molar-refractivity contribution in [3.8, 4) is 5.75 Å². The first kappa shape index (κ1) is 12.9.